The maximum Gasteiger partial charge on any atom is 0.0251 e. The lowest BCUT2D eigenvalue weighted by Gasteiger charge is -2.22. The first-order valence-electron chi connectivity index (χ1n) is 7.32. The van der Waals surface area contributed by atoms with Gasteiger partial charge in [-0.3, -0.25) is 4.90 Å². The molecule has 0 fully saturated rings. The summed E-state index contributed by atoms with van der Waals surface area (Å²) in [6, 6.07) is 6.59. The Labute approximate surface area is 138 Å². The normalized spacial score (nSPS) is 11.7. The van der Waals surface area contributed by atoms with Crippen LogP contribution in [0, 0.1) is 0 Å². The molecule has 21 heavy (non-hydrogen) atoms. The zero-order valence-electron chi connectivity index (χ0n) is 13.5. The largest absolute Gasteiger partial charge is 0.308 e. The van der Waals surface area contributed by atoms with E-state index in [1.807, 2.05) is 12.2 Å². The van der Waals surface area contributed by atoms with Crippen LogP contribution in [0.5, 0.6) is 0 Å². The summed E-state index contributed by atoms with van der Waals surface area (Å²) in [7, 11) is 0. The highest BCUT2D eigenvalue weighted by Gasteiger charge is 2.10. The smallest absolute Gasteiger partial charge is 0.0251 e. The first-order valence-corrected chi connectivity index (χ1v) is 8.11. The quantitative estimate of drug-likeness (QED) is 0.693. The minimum Gasteiger partial charge on any atom is -0.308 e. The molecule has 0 atom stereocenters. The molecule has 0 aliphatic rings. The van der Waals surface area contributed by atoms with Crippen LogP contribution in [-0.4, -0.2) is 23.5 Å². The number of benzene rings is 1. The minimum atomic E-state index is 0.135. The molecule has 0 bridgehead atoms. The summed E-state index contributed by atoms with van der Waals surface area (Å²) in [5, 5.41) is 3.51. The zero-order valence-corrected chi connectivity index (χ0v) is 15.0. The van der Waals surface area contributed by atoms with Gasteiger partial charge < -0.3 is 5.32 Å². The molecule has 1 N–H and O–H groups in total. The van der Waals surface area contributed by atoms with Crippen LogP contribution in [0.2, 0.25) is 0 Å². The summed E-state index contributed by atoms with van der Waals surface area (Å²) in [6.45, 7) is 17.7. The average Bonchev–Trinajstić information content (AvgIpc) is 2.39. The van der Waals surface area contributed by atoms with Crippen LogP contribution in [0.15, 0.2) is 48.0 Å². The molecule has 1 aromatic carbocycles. The predicted octanol–water partition coefficient (Wildman–Crippen LogP) is 4.51. The van der Waals surface area contributed by atoms with Gasteiger partial charge in [-0.15, -0.1) is 13.2 Å². The van der Waals surface area contributed by atoms with E-state index in [0.29, 0.717) is 0 Å². The van der Waals surface area contributed by atoms with Gasteiger partial charge in [-0.05, 0) is 38.0 Å². The highest BCUT2D eigenvalue weighted by molar-refractivity contribution is 9.10. The molecule has 0 amide bonds. The fraction of sp³-hybridized carbons (Fsp3) is 0.444. The molecule has 0 heterocycles. The fourth-order valence-electron chi connectivity index (χ4n) is 2.01. The summed E-state index contributed by atoms with van der Waals surface area (Å²) in [6.07, 6.45) is 3.86. The van der Waals surface area contributed by atoms with Crippen molar-refractivity contribution in [2.75, 3.05) is 13.1 Å². The molecule has 116 valence electrons. The Kier molecular flexibility index (Phi) is 7.36. The first-order chi connectivity index (χ1) is 9.85. The second kappa shape index (κ2) is 8.52. The van der Waals surface area contributed by atoms with Gasteiger partial charge in [0.2, 0.25) is 0 Å². The lowest BCUT2D eigenvalue weighted by atomic mass is 10.1. The van der Waals surface area contributed by atoms with Crippen LogP contribution < -0.4 is 5.32 Å². The summed E-state index contributed by atoms with van der Waals surface area (Å²) in [5.41, 5.74) is 2.72. The fourth-order valence-corrected chi connectivity index (χ4v) is 2.56. The van der Waals surface area contributed by atoms with Crippen LogP contribution in [0.4, 0.5) is 0 Å². The van der Waals surface area contributed by atoms with E-state index >= 15 is 0 Å². The Hall–Kier alpha value is -0.900. The molecule has 0 spiro atoms. The molecule has 0 unspecified atom stereocenters. The van der Waals surface area contributed by atoms with Crippen LogP contribution >= 0.6 is 15.9 Å². The number of halogens is 1. The van der Waals surface area contributed by atoms with Crippen LogP contribution in [0.3, 0.4) is 0 Å². The van der Waals surface area contributed by atoms with Gasteiger partial charge >= 0.3 is 0 Å². The predicted molar refractivity (Wildman–Crippen MR) is 96.4 cm³/mol. The third-order valence-electron chi connectivity index (χ3n) is 3.11. The Bertz CT molecular complexity index is 465. The molecule has 0 aliphatic heterocycles. The van der Waals surface area contributed by atoms with Crippen LogP contribution in [-0.2, 0) is 13.1 Å². The summed E-state index contributed by atoms with van der Waals surface area (Å²) in [5.74, 6) is 0. The van der Waals surface area contributed by atoms with E-state index in [9.17, 15) is 0 Å². The Morgan fingerprint density at radius 2 is 1.81 bits per heavy atom. The number of rotatable bonds is 8. The van der Waals surface area contributed by atoms with Crippen molar-refractivity contribution in [3.63, 3.8) is 0 Å². The van der Waals surface area contributed by atoms with Crippen molar-refractivity contribution in [3.05, 3.63) is 59.1 Å². The topological polar surface area (TPSA) is 15.3 Å². The van der Waals surface area contributed by atoms with Gasteiger partial charge in [0.25, 0.3) is 0 Å². The molecule has 0 saturated heterocycles. The van der Waals surface area contributed by atoms with Crippen molar-refractivity contribution in [1.29, 1.82) is 0 Å². The van der Waals surface area contributed by atoms with Gasteiger partial charge in [0, 0.05) is 36.2 Å². The van der Waals surface area contributed by atoms with Crippen molar-refractivity contribution < 1.29 is 0 Å². The van der Waals surface area contributed by atoms with Crippen molar-refractivity contribution in [1.82, 2.24) is 10.2 Å². The molecular formula is C18H27BrN2. The molecule has 0 aromatic heterocycles. The van der Waals surface area contributed by atoms with Crippen molar-refractivity contribution in [2.45, 2.75) is 39.4 Å². The molecule has 2 nitrogen and oxygen atoms in total. The van der Waals surface area contributed by atoms with Gasteiger partial charge in [0.05, 0.1) is 0 Å². The molecule has 0 radical (unpaired) electrons. The Morgan fingerprint density at radius 1 is 1.19 bits per heavy atom. The SMILES string of the molecule is C=CCN(CC=C)Cc1ccc(CNC(C)(C)C)cc1Br. The van der Waals surface area contributed by atoms with Crippen molar-refractivity contribution in [3.8, 4) is 0 Å². The molecule has 3 heteroatoms. The van der Waals surface area contributed by atoms with Gasteiger partial charge in [0.1, 0.15) is 0 Å². The second-order valence-electron chi connectivity index (χ2n) is 6.30. The molecule has 1 rings (SSSR count). The van der Waals surface area contributed by atoms with E-state index in [4.69, 9.17) is 0 Å². The molecule has 0 saturated carbocycles. The standard InChI is InChI=1S/C18H27BrN2/c1-6-10-21(11-7-2)14-16-9-8-15(12-17(16)19)13-20-18(3,4)5/h6-9,12,20H,1-2,10-11,13-14H2,3-5H3. The minimum absolute atomic E-state index is 0.135. The number of nitrogens with one attached hydrogen (secondary N) is 1. The maximum atomic E-state index is 3.81. The molecule has 1 aromatic rings. The van der Waals surface area contributed by atoms with E-state index < -0.39 is 0 Å². The van der Waals surface area contributed by atoms with Gasteiger partial charge in [-0.25, -0.2) is 0 Å². The summed E-state index contributed by atoms with van der Waals surface area (Å²) in [4.78, 5) is 2.30. The molecule has 0 aliphatic carbocycles. The van der Waals surface area contributed by atoms with Gasteiger partial charge in [0.15, 0.2) is 0 Å². The highest BCUT2D eigenvalue weighted by Crippen LogP contribution is 2.21. The maximum absolute atomic E-state index is 3.81. The van der Waals surface area contributed by atoms with Crippen LogP contribution in [0.25, 0.3) is 0 Å². The number of hydrogen-bond acceptors (Lipinski definition) is 2. The average molecular weight is 351 g/mol. The number of nitrogens with zero attached hydrogens (tertiary/aromatic N) is 1. The summed E-state index contributed by atoms with van der Waals surface area (Å²) < 4.78 is 1.16. The van der Waals surface area contributed by atoms with Gasteiger partial charge in [-0.2, -0.15) is 0 Å². The van der Waals surface area contributed by atoms with E-state index in [-0.39, 0.29) is 5.54 Å². The lowest BCUT2D eigenvalue weighted by Crippen LogP contribution is -2.35. The Morgan fingerprint density at radius 3 is 2.29 bits per heavy atom. The van der Waals surface area contributed by atoms with Gasteiger partial charge in [-0.1, -0.05) is 40.2 Å². The first kappa shape index (κ1) is 18.1. The highest BCUT2D eigenvalue weighted by atomic mass is 79.9. The Balaban J connectivity index is 2.72. The van der Waals surface area contributed by atoms with E-state index in [1.54, 1.807) is 0 Å². The van der Waals surface area contributed by atoms with E-state index in [0.717, 1.165) is 30.7 Å². The van der Waals surface area contributed by atoms with Crippen LogP contribution in [0.1, 0.15) is 31.9 Å². The monoisotopic (exact) mass is 350 g/mol. The third kappa shape index (κ3) is 7.07. The summed E-state index contributed by atoms with van der Waals surface area (Å²) >= 11 is 3.69. The lowest BCUT2D eigenvalue weighted by molar-refractivity contribution is 0.327. The second-order valence-corrected chi connectivity index (χ2v) is 7.16. The van der Waals surface area contributed by atoms with Crippen molar-refractivity contribution in [2.24, 2.45) is 0 Å². The number of hydrogen-bond donors (Lipinski definition) is 1. The van der Waals surface area contributed by atoms with E-state index in [1.165, 1.54) is 11.1 Å². The zero-order chi connectivity index (χ0) is 15.9. The van der Waals surface area contributed by atoms with Crippen molar-refractivity contribution >= 4 is 15.9 Å². The molecular weight excluding hydrogens is 324 g/mol. The van der Waals surface area contributed by atoms with E-state index in [2.05, 4.69) is 78.3 Å². The third-order valence-corrected chi connectivity index (χ3v) is 3.85.